The number of nitrogens with one attached hydrogen (secondary N) is 1. The lowest BCUT2D eigenvalue weighted by Gasteiger charge is -2.28. The molecule has 1 fully saturated rings. The normalized spacial score (nSPS) is 24.6. The molecule has 3 heteroatoms. The van der Waals surface area contributed by atoms with Gasteiger partial charge in [0.1, 0.15) is 0 Å². The third-order valence-electron chi connectivity index (χ3n) is 3.63. The number of aryl methyl sites for hydroxylation is 1. The SMILES string of the molecule is Cc1ccc(N)c(NCC2CCCCC2O)c1. The molecule has 4 N–H and O–H groups in total. The largest absolute Gasteiger partial charge is 0.397 e. The Morgan fingerprint density at radius 3 is 2.88 bits per heavy atom. The molecule has 0 radical (unpaired) electrons. The van der Waals surface area contributed by atoms with Crippen LogP contribution < -0.4 is 11.1 Å². The average molecular weight is 234 g/mol. The highest BCUT2D eigenvalue weighted by atomic mass is 16.3. The van der Waals surface area contributed by atoms with Gasteiger partial charge in [-0.3, -0.25) is 0 Å². The maximum absolute atomic E-state index is 9.90. The molecular formula is C14H22N2O. The van der Waals surface area contributed by atoms with Crippen molar-refractivity contribution in [1.82, 2.24) is 0 Å². The Morgan fingerprint density at radius 1 is 1.35 bits per heavy atom. The quantitative estimate of drug-likeness (QED) is 0.704. The molecule has 1 aliphatic rings. The highest BCUT2D eigenvalue weighted by molar-refractivity contribution is 5.66. The van der Waals surface area contributed by atoms with E-state index < -0.39 is 0 Å². The van der Waals surface area contributed by atoms with Crippen LogP contribution in [0.4, 0.5) is 11.4 Å². The fraction of sp³-hybridized carbons (Fsp3) is 0.571. The highest BCUT2D eigenvalue weighted by Crippen LogP contribution is 2.26. The van der Waals surface area contributed by atoms with Crippen LogP contribution in [0.25, 0.3) is 0 Å². The minimum Gasteiger partial charge on any atom is -0.397 e. The summed E-state index contributed by atoms with van der Waals surface area (Å²) in [5.41, 5.74) is 8.88. The summed E-state index contributed by atoms with van der Waals surface area (Å²) in [6.07, 6.45) is 4.29. The summed E-state index contributed by atoms with van der Waals surface area (Å²) in [5, 5.41) is 13.3. The van der Waals surface area contributed by atoms with Crippen LogP contribution in [-0.2, 0) is 0 Å². The maximum atomic E-state index is 9.90. The summed E-state index contributed by atoms with van der Waals surface area (Å²) >= 11 is 0. The van der Waals surface area contributed by atoms with Gasteiger partial charge < -0.3 is 16.2 Å². The van der Waals surface area contributed by atoms with Gasteiger partial charge in [0.25, 0.3) is 0 Å². The van der Waals surface area contributed by atoms with E-state index in [0.29, 0.717) is 5.92 Å². The van der Waals surface area contributed by atoms with Crippen molar-refractivity contribution in [3.8, 4) is 0 Å². The van der Waals surface area contributed by atoms with E-state index in [0.717, 1.165) is 37.2 Å². The smallest absolute Gasteiger partial charge is 0.0585 e. The van der Waals surface area contributed by atoms with Gasteiger partial charge in [-0.1, -0.05) is 18.9 Å². The van der Waals surface area contributed by atoms with Gasteiger partial charge in [0.2, 0.25) is 0 Å². The lowest BCUT2D eigenvalue weighted by molar-refractivity contribution is 0.0763. The standard InChI is InChI=1S/C14H22N2O/c1-10-6-7-12(15)13(8-10)16-9-11-4-2-3-5-14(11)17/h6-8,11,14,16-17H,2-5,9,15H2,1H3. The van der Waals surface area contributed by atoms with E-state index in [2.05, 4.69) is 18.3 Å². The van der Waals surface area contributed by atoms with Gasteiger partial charge in [0, 0.05) is 12.5 Å². The van der Waals surface area contributed by atoms with Gasteiger partial charge in [-0.15, -0.1) is 0 Å². The van der Waals surface area contributed by atoms with Crippen LogP contribution in [0.1, 0.15) is 31.2 Å². The number of hydrogen-bond donors (Lipinski definition) is 3. The zero-order valence-corrected chi connectivity index (χ0v) is 10.4. The molecule has 1 saturated carbocycles. The van der Waals surface area contributed by atoms with Gasteiger partial charge in [0.15, 0.2) is 0 Å². The number of aliphatic hydroxyl groups is 1. The Hall–Kier alpha value is -1.22. The number of aliphatic hydroxyl groups excluding tert-OH is 1. The second kappa shape index (κ2) is 5.41. The average Bonchev–Trinajstić information content (AvgIpc) is 2.32. The summed E-state index contributed by atoms with van der Waals surface area (Å²) in [6.45, 7) is 2.87. The molecule has 2 unspecified atom stereocenters. The molecule has 0 saturated heterocycles. The van der Waals surface area contributed by atoms with E-state index in [9.17, 15) is 5.11 Å². The molecule has 0 aromatic heterocycles. The topological polar surface area (TPSA) is 58.3 Å². The van der Waals surface area contributed by atoms with Crippen LogP contribution in [0.15, 0.2) is 18.2 Å². The first kappa shape index (κ1) is 12.2. The molecular weight excluding hydrogens is 212 g/mol. The predicted octanol–water partition coefficient (Wildman–Crippen LogP) is 2.54. The van der Waals surface area contributed by atoms with Crippen LogP contribution >= 0.6 is 0 Å². The zero-order valence-electron chi connectivity index (χ0n) is 10.4. The van der Waals surface area contributed by atoms with Crippen molar-refractivity contribution in [3.63, 3.8) is 0 Å². The van der Waals surface area contributed by atoms with Gasteiger partial charge in [-0.25, -0.2) is 0 Å². The molecule has 2 rings (SSSR count). The van der Waals surface area contributed by atoms with Crippen molar-refractivity contribution in [2.75, 3.05) is 17.6 Å². The molecule has 94 valence electrons. The van der Waals surface area contributed by atoms with Crippen LogP contribution in [0.3, 0.4) is 0 Å². The summed E-state index contributed by atoms with van der Waals surface area (Å²) in [4.78, 5) is 0. The Balaban J connectivity index is 1.94. The number of nitrogens with two attached hydrogens (primary N) is 1. The maximum Gasteiger partial charge on any atom is 0.0585 e. The second-order valence-electron chi connectivity index (χ2n) is 5.08. The second-order valence-corrected chi connectivity index (χ2v) is 5.08. The first-order valence-electron chi connectivity index (χ1n) is 6.45. The summed E-state index contributed by atoms with van der Waals surface area (Å²) in [5.74, 6) is 0.365. The monoisotopic (exact) mass is 234 g/mol. The fourth-order valence-electron chi connectivity index (χ4n) is 2.49. The van der Waals surface area contributed by atoms with Crippen molar-refractivity contribution in [2.24, 2.45) is 5.92 Å². The Bertz CT molecular complexity index is 378. The van der Waals surface area contributed by atoms with Gasteiger partial charge in [0.05, 0.1) is 17.5 Å². The van der Waals surface area contributed by atoms with Crippen LogP contribution in [-0.4, -0.2) is 17.8 Å². The Morgan fingerprint density at radius 2 is 2.12 bits per heavy atom. The first-order chi connectivity index (χ1) is 8.16. The molecule has 1 aromatic rings. The molecule has 0 heterocycles. The number of anilines is 2. The summed E-state index contributed by atoms with van der Waals surface area (Å²) < 4.78 is 0. The van der Waals surface area contributed by atoms with Crippen molar-refractivity contribution >= 4 is 11.4 Å². The zero-order chi connectivity index (χ0) is 12.3. The molecule has 1 aromatic carbocycles. The molecule has 0 bridgehead atoms. The van der Waals surface area contributed by atoms with Crippen LogP contribution in [0.5, 0.6) is 0 Å². The van der Waals surface area contributed by atoms with E-state index in [-0.39, 0.29) is 6.10 Å². The molecule has 1 aliphatic carbocycles. The lowest BCUT2D eigenvalue weighted by atomic mass is 9.86. The number of benzene rings is 1. The number of hydrogen-bond acceptors (Lipinski definition) is 3. The predicted molar refractivity (Wildman–Crippen MR) is 72.0 cm³/mol. The van der Waals surface area contributed by atoms with Crippen LogP contribution in [0.2, 0.25) is 0 Å². The van der Waals surface area contributed by atoms with Crippen molar-refractivity contribution in [3.05, 3.63) is 23.8 Å². The minimum absolute atomic E-state index is 0.151. The first-order valence-corrected chi connectivity index (χ1v) is 6.45. The molecule has 0 spiro atoms. The van der Waals surface area contributed by atoms with Crippen LogP contribution in [0, 0.1) is 12.8 Å². The molecule has 0 amide bonds. The van der Waals surface area contributed by atoms with Crippen molar-refractivity contribution < 1.29 is 5.11 Å². The van der Waals surface area contributed by atoms with E-state index in [4.69, 9.17) is 5.73 Å². The third-order valence-corrected chi connectivity index (χ3v) is 3.63. The van der Waals surface area contributed by atoms with Gasteiger partial charge >= 0.3 is 0 Å². The molecule has 17 heavy (non-hydrogen) atoms. The third kappa shape index (κ3) is 3.13. The number of nitrogen functional groups attached to an aromatic ring is 1. The molecule has 0 aliphatic heterocycles. The lowest BCUT2D eigenvalue weighted by Crippen LogP contribution is -2.30. The van der Waals surface area contributed by atoms with E-state index in [1.54, 1.807) is 0 Å². The Kier molecular flexibility index (Phi) is 3.89. The molecule has 2 atom stereocenters. The van der Waals surface area contributed by atoms with E-state index >= 15 is 0 Å². The summed E-state index contributed by atoms with van der Waals surface area (Å²) in [7, 11) is 0. The van der Waals surface area contributed by atoms with Crippen molar-refractivity contribution in [2.45, 2.75) is 38.7 Å². The minimum atomic E-state index is -0.151. The Labute approximate surface area is 103 Å². The van der Waals surface area contributed by atoms with Gasteiger partial charge in [-0.2, -0.15) is 0 Å². The van der Waals surface area contributed by atoms with E-state index in [1.165, 1.54) is 12.0 Å². The van der Waals surface area contributed by atoms with Crippen molar-refractivity contribution in [1.29, 1.82) is 0 Å². The molecule has 3 nitrogen and oxygen atoms in total. The van der Waals surface area contributed by atoms with E-state index in [1.807, 2.05) is 12.1 Å². The number of rotatable bonds is 3. The summed E-state index contributed by atoms with van der Waals surface area (Å²) in [6, 6.07) is 6.00. The fourth-order valence-corrected chi connectivity index (χ4v) is 2.49. The highest BCUT2D eigenvalue weighted by Gasteiger charge is 2.22. The van der Waals surface area contributed by atoms with Gasteiger partial charge in [-0.05, 0) is 37.5 Å².